The van der Waals surface area contributed by atoms with Gasteiger partial charge in [0.2, 0.25) is 5.91 Å². The SMILES string of the molecule is Cc1cccc(NC(=O)C=Cc2c(Cl)nc3ccccn23)c1C. The smallest absolute Gasteiger partial charge is 0.248 e. The predicted molar refractivity (Wildman–Crippen MR) is 93.8 cm³/mol. The van der Waals surface area contributed by atoms with Crippen molar-refractivity contribution in [1.82, 2.24) is 9.38 Å². The molecule has 0 bridgehead atoms. The van der Waals surface area contributed by atoms with Crippen LogP contribution in [0.25, 0.3) is 11.7 Å². The van der Waals surface area contributed by atoms with E-state index in [1.807, 2.05) is 60.8 Å². The van der Waals surface area contributed by atoms with Crippen LogP contribution in [0.5, 0.6) is 0 Å². The summed E-state index contributed by atoms with van der Waals surface area (Å²) in [5.74, 6) is -0.208. The fourth-order valence-corrected chi connectivity index (χ4v) is 2.59. The fraction of sp³-hybridized carbons (Fsp3) is 0.111. The predicted octanol–water partition coefficient (Wildman–Crippen LogP) is 4.26. The Hall–Kier alpha value is -2.59. The van der Waals surface area contributed by atoms with Crippen LogP contribution < -0.4 is 5.32 Å². The zero-order valence-corrected chi connectivity index (χ0v) is 13.6. The van der Waals surface area contributed by atoms with Crippen molar-refractivity contribution in [3.63, 3.8) is 0 Å². The van der Waals surface area contributed by atoms with E-state index in [4.69, 9.17) is 11.6 Å². The number of carbonyl (C=O) groups is 1. The van der Waals surface area contributed by atoms with Gasteiger partial charge in [0.15, 0.2) is 5.15 Å². The van der Waals surface area contributed by atoms with Gasteiger partial charge in [-0.3, -0.25) is 9.20 Å². The first-order valence-electron chi connectivity index (χ1n) is 7.24. The van der Waals surface area contributed by atoms with Crippen LogP contribution in [0.3, 0.4) is 0 Å². The average Bonchev–Trinajstić information content (AvgIpc) is 2.85. The first-order valence-corrected chi connectivity index (χ1v) is 7.62. The number of benzene rings is 1. The molecule has 1 aromatic carbocycles. The van der Waals surface area contributed by atoms with Gasteiger partial charge in [-0.1, -0.05) is 29.8 Å². The third-order valence-corrected chi connectivity index (χ3v) is 4.06. The second-order valence-electron chi connectivity index (χ2n) is 5.29. The minimum Gasteiger partial charge on any atom is -0.322 e. The lowest BCUT2D eigenvalue weighted by Crippen LogP contribution is -2.09. The Morgan fingerprint density at radius 2 is 2.04 bits per heavy atom. The normalized spacial score (nSPS) is 11.3. The quantitative estimate of drug-likeness (QED) is 0.731. The van der Waals surface area contributed by atoms with Gasteiger partial charge in [-0.2, -0.15) is 0 Å². The van der Waals surface area contributed by atoms with Gasteiger partial charge in [0.1, 0.15) is 5.65 Å². The van der Waals surface area contributed by atoms with Crippen molar-refractivity contribution in [3.05, 3.63) is 70.6 Å². The number of hydrogen-bond donors (Lipinski definition) is 1. The second kappa shape index (κ2) is 6.26. The zero-order valence-electron chi connectivity index (χ0n) is 12.9. The van der Waals surface area contributed by atoms with E-state index in [2.05, 4.69) is 10.3 Å². The van der Waals surface area contributed by atoms with Gasteiger partial charge in [0.25, 0.3) is 0 Å². The number of aromatic nitrogens is 2. The van der Waals surface area contributed by atoms with Crippen LogP contribution >= 0.6 is 11.6 Å². The summed E-state index contributed by atoms with van der Waals surface area (Å²) in [6.07, 6.45) is 4.99. The third kappa shape index (κ3) is 3.12. The Morgan fingerprint density at radius 1 is 1.22 bits per heavy atom. The highest BCUT2D eigenvalue weighted by molar-refractivity contribution is 6.31. The van der Waals surface area contributed by atoms with Crippen LogP contribution in [0.1, 0.15) is 16.8 Å². The van der Waals surface area contributed by atoms with E-state index in [0.717, 1.165) is 22.5 Å². The van der Waals surface area contributed by atoms with E-state index in [-0.39, 0.29) is 5.91 Å². The highest BCUT2D eigenvalue weighted by Crippen LogP contribution is 2.20. The number of hydrogen-bond acceptors (Lipinski definition) is 2. The van der Waals surface area contributed by atoms with Gasteiger partial charge < -0.3 is 5.32 Å². The second-order valence-corrected chi connectivity index (χ2v) is 5.64. The highest BCUT2D eigenvalue weighted by Gasteiger charge is 2.08. The number of aryl methyl sites for hydroxylation is 1. The van der Waals surface area contributed by atoms with Crippen molar-refractivity contribution in [1.29, 1.82) is 0 Å². The van der Waals surface area contributed by atoms with Crippen LogP contribution in [0, 0.1) is 13.8 Å². The Bertz CT molecular complexity index is 912. The molecule has 0 saturated carbocycles. The minimum atomic E-state index is -0.208. The minimum absolute atomic E-state index is 0.208. The fourth-order valence-electron chi connectivity index (χ4n) is 2.35. The van der Waals surface area contributed by atoms with Crippen molar-refractivity contribution in [3.8, 4) is 0 Å². The monoisotopic (exact) mass is 325 g/mol. The van der Waals surface area contributed by atoms with Gasteiger partial charge in [0.05, 0.1) is 5.69 Å². The lowest BCUT2D eigenvalue weighted by molar-refractivity contribution is -0.111. The van der Waals surface area contributed by atoms with Gasteiger partial charge in [-0.05, 0) is 49.2 Å². The molecule has 4 nitrogen and oxygen atoms in total. The van der Waals surface area contributed by atoms with E-state index in [9.17, 15) is 4.79 Å². The summed E-state index contributed by atoms with van der Waals surface area (Å²) < 4.78 is 1.84. The van der Waals surface area contributed by atoms with Crippen molar-refractivity contribution >= 4 is 34.9 Å². The standard InChI is InChI=1S/C18H16ClN3O/c1-12-6-5-7-14(13(12)2)20-17(23)10-9-15-18(19)21-16-8-3-4-11-22(15)16/h3-11H,1-2H3,(H,20,23). The Balaban J connectivity index is 1.83. The number of nitrogens with one attached hydrogen (secondary N) is 1. The van der Waals surface area contributed by atoms with Crippen LogP contribution in [0.2, 0.25) is 5.15 Å². The Kier molecular flexibility index (Phi) is 4.17. The Labute approximate surface area is 139 Å². The molecule has 2 heterocycles. The average molecular weight is 326 g/mol. The number of amides is 1. The summed E-state index contributed by atoms with van der Waals surface area (Å²) in [6, 6.07) is 11.5. The van der Waals surface area contributed by atoms with E-state index < -0.39 is 0 Å². The van der Waals surface area contributed by atoms with E-state index in [1.54, 1.807) is 6.08 Å². The number of carbonyl (C=O) groups excluding carboxylic acids is 1. The number of imidazole rings is 1. The lowest BCUT2D eigenvalue weighted by atomic mass is 10.1. The highest BCUT2D eigenvalue weighted by atomic mass is 35.5. The zero-order chi connectivity index (χ0) is 16.4. The maximum Gasteiger partial charge on any atom is 0.248 e. The number of fused-ring (bicyclic) bond motifs is 1. The van der Waals surface area contributed by atoms with Crippen molar-refractivity contribution in [2.75, 3.05) is 5.32 Å². The molecule has 0 saturated heterocycles. The van der Waals surface area contributed by atoms with Crippen LogP contribution in [0.15, 0.2) is 48.7 Å². The maximum absolute atomic E-state index is 12.1. The molecule has 3 rings (SSSR count). The van der Waals surface area contributed by atoms with Crippen molar-refractivity contribution in [2.45, 2.75) is 13.8 Å². The topological polar surface area (TPSA) is 46.4 Å². The molecule has 5 heteroatoms. The molecule has 0 aliphatic carbocycles. The van der Waals surface area contributed by atoms with Crippen molar-refractivity contribution < 1.29 is 4.79 Å². The molecule has 2 aromatic heterocycles. The summed E-state index contributed by atoms with van der Waals surface area (Å²) in [5.41, 5.74) is 4.42. The number of rotatable bonds is 3. The maximum atomic E-state index is 12.1. The van der Waals surface area contributed by atoms with E-state index in [0.29, 0.717) is 10.8 Å². The molecule has 0 unspecified atom stereocenters. The van der Waals surface area contributed by atoms with Gasteiger partial charge in [-0.25, -0.2) is 4.98 Å². The molecular formula is C18H16ClN3O. The molecule has 116 valence electrons. The number of anilines is 1. The Morgan fingerprint density at radius 3 is 2.87 bits per heavy atom. The summed E-state index contributed by atoms with van der Waals surface area (Å²) in [7, 11) is 0. The van der Waals surface area contributed by atoms with Crippen LogP contribution in [-0.4, -0.2) is 15.3 Å². The first kappa shape index (κ1) is 15.3. The van der Waals surface area contributed by atoms with Crippen molar-refractivity contribution in [2.24, 2.45) is 0 Å². The van der Waals surface area contributed by atoms with E-state index in [1.165, 1.54) is 6.08 Å². The summed E-state index contributed by atoms with van der Waals surface area (Å²) in [5, 5.41) is 3.25. The summed E-state index contributed by atoms with van der Waals surface area (Å²) in [6.45, 7) is 4.00. The molecule has 0 spiro atoms. The summed E-state index contributed by atoms with van der Waals surface area (Å²) in [4.78, 5) is 16.4. The number of nitrogens with zero attached hydrogens (tertiary/aromatic N) is 2. The molecule has 1 amide bonds. The molecular weight excluding hydrogens is 310 g/mol. The lowest BCUT2D eigenvalue weighted by Gasteiger charge is -2.08. The third-order valence-electron chi connectivity index (χ3n) is 3.78. The van der Waals surface area contributed by atoms with Crippen LogP contribution in [0.4, 0.5) is 5.69 Å². The van der Waals surface area contributed by atoms with Gasteiger partial charge in [-0.15, -0.1) is 0 Å². The molecule has 0 fully saturated rings. The van der Waals surface area contributed by atoms with Crippen LogP contribution in [-0.2, 0) is 4.79 Å². The molecule has 1 N–H and O–H groups in total. The molecule has 0 aliphatic heterocycles. The molecule has 0 aliphatic rings. The van der Waals surface area contributed by atoms with Gasteiger partial charge in [0, 0.05) is 18.0 Å². The van der Waals surface area contributed by atoms with Gasteiger partial charge >= 0.3 is 0 Å². The number of halogens is 1. The molecule has 3 aromatic rings. The van der Waals surface area contributed by atoms with E-state index >= 15 is 0 Å². The molecule has 0 radical (unpaired) electrons. The largest absolute Gasteiger partial charge is 0.322 e. The molecule has 0 atom stereocenters. The summed E-state index contributed by atoms with van der Waals surface area (Å²) >= 11 is 6.14. The molecule has 23 heavy (non-hydrogen) atoms. The first-order chi connectivity index (χ1) is 11.1. The number of pyridine rings is 1.